The zero-order valence-corrected chi connectivity index (χ0v) is 13.7. The third-order valence-corrected chi connectivity index (χ3v) is 5.03. The second-order valence-electron chi connectivity index (χ2n) is 5.33. The van der Waals surface area contributed by atoms with Crippen LogP contribution in [0.4, 0.5) is 5.69 Å². The van der Waals surface area contributed by atoms with E-state index in [0.29, 0.717) is 16.8 Å². The Kier molecular flexibility index (Phi) is 3.94. The Morgan fingerprint density at radius 3 is 2.62 bits per heavy atom. The predicted molar refractivity (Wildman–Crippen MR) is 92.2 cm³/mol. The minimum atomic E-state index is -3.88. The first-order valence-corrected chi connectivity index (χ1v) is 8.64. The number of pyridine rings is 1. The topological polar surface area (TPSA) is 102 Å². The molecule has 0 unspecified atom stereocenters. The lowest BCUT2D eigenvalue weighted by molar-refractivity contribution is 0.0999. The zero-order chi connectivity index (χ0) is 17.3. The van der Waals surface area contributed by atoms with Crippen molar-refractivity contribution in [1.82, 2.24) is 4.98 Å². The van der Waals surface area contributed by atoms with E-state index >= 15 is 0 Å². The van der Waals surface area contributed by atoms with Crippen LogP contribution < -0.4 is 10.5 Å². The number of sulfonamides is 1. The first-order valence-electron chi connectivity index (χ1n) is 7.15. The molecule has 0 aliphatic heterocycles. The molecule has 0 saturated carbocycles. The van der Waals surface area contributed by atoms with Gasteiger partial charge in [-0.1, -0.05) is 24.3 Å². The number of hydrogen-bond acceptors (Lipinski definition) is 4. The van der Waals surface area contributed by atoms with Crippen molar-refractivity contribution >= 4 is 32.5 Å². The maximum absolute atomic E-state index is 12.6. The summed E-state index contributed by atoms with van der Waals surface area (Å²) in [4.78, 5) is 15.6. The summed E-state index contributed by atoms with van der Waals surface area (Å²) in [5, 5.41) is 0.819. The number of carbonyl (C=O) groups excluding carboxylic acids is 1. The Balaban J connectivity index is 2.05. The zero-order valence-electron chi connectivity index (χ0n) is 12.9. The molecule has 1 aromatic heterocycles. The Morgan fingerprint density at radius 2 is 1.88 bits per heavy atom. The van der Waals surface area contributed by atoms with Gasteiger partial charge < -0.3 is 5.73 Å². The molecule has 1 heterocycles. The molecule has 6 nitrogen and oxygen atoms in total. The van der Waals surface area contributed by atoms with Crippen LogP contribution in [0, 0.1) is 6.92 Å². The number of primary amides is 1. The number of aromatic nitrogens is 1. The molecule has 0 aliphatic rings. The van der Waals surface area contributed by atoms with Gasteiger partial charge >= 0.3 is 0 Å². The van der Waals surface area contributed by atoms with Crippen molar-refractivity contribution in [3.05, 3.63) is 65.9 Å². The number of benzene rings is 2. The molecule has 0 aliphatic carbocycles. The minimum absolute atomic E-state index is 0.0326. The molecule has 2 aromatic carbocycles. The van der Waals surface area contributed by atoms with Gasteiger partial charge in [0.25, 0.3) is 10.0 Å². The fourth-order valence-corrected chi connectivity index (χ4v) is 3.52. The molecule has 0 spiro atoms. The number of amides is 1. The van der Waals surface area contributed by atoms with Crippen molar-refractivity contribution in [2.24, 2.45) is 5.73 Å². The number of rotatable bonds is 4. The lowest BCUT2D eigenvalue weighted by Gasteiger charge is -2.11. The summed E-state index contributed by atoms with van der Waals surface area (Å²) in [6, 6.07) is 13.1. The molecule has 0 bridgehead atoms. The standard InChI is InChI=1S/C17H15N3O3S/c1-11-7-8-13(10-14(11)17(18)21)24(22,23)20-15-6-2-4-12-5-3-9-19-16(12)15/h2-10,20H,1H3,(H2,18,21). The van der Waals surface area contributed by atoms with E-state index in [9.17, 15) is 13.2 Å². The first kappa shape index (κ1) is 15.9. The third-order valence-electron chi connectivity index (χ3n) is 3.66. The number of anilines is 1. The Labute approximate surface area is 139 Å². The number of aryl methyl sites for hydroxylation is 1. The van der Waals surface area contributed by atoms with Gasteiger partial charge in [-0.2, -0.15) is 0 Å². The van der Waals surface area contributed by atoms with Gasteiger partial charge in [0.15, 0.2) is 0 Å². The van der Waals surface area contributed by atoms with Gasteiger partial charge in [-0.3, -0.25) is 14.5 Å². The second kappa shape index (κ2) is 5.93. The van der Waals surface area contributed by atoms with Gasteiger partial charge in [0.2, 0.25) is 5.91 Å². The van der Waals surface area contributed by atoms with Gasteiger partial charge in [-0.25, -0.2) is 8.42 Å². The molecule has 1 amide bonds. The van der Waals surface area contributed by atoms with E-state index in [-0.39, 0.29) is 10.5 Å². The minimum Gasteiger partial charge on any atom is -0.366 e. The normalized spacial score (nSPS) is 11.4. The molecule has 0 fully saturated rings. The highest BCUT2D eigenvalue weighted by Crippen LogP contribution is 2.24. The summed E-state index contributed by atoms with van der Waals surface area (Å²) >= 11 is 0. The van der Waals surface area contributed by atoms with Crippen LogP contribution in [-0.4, -0.2) is 19.3 Å². The third kappa shape index (κ3) is 2.93. The van der Waals surface area contributed by atoms with Crippen LogP contribution in [-0.2, 0) is 10.0 Å². The Bertz CT molecular complexity index is 1040. The van der Waals surface area contributed by atoms with Crippen LogP contribution in [0.15, 0.2) is 59.6 Å². The highest BCUT2D eigenvalue weighted by molar-refractivity contribution is 7.92. The van der Waals surface area contributed by atoms with E-state index in [4.69, 9.17) is 5.73 Å². The van der Waals surface area contributed by atoms with E-state index in [0.717, 1.165) is 5.39 Å². The summed E-state index contributed by atoms with van der Waals surface area (Å²) in [6.07, 6.45) is 1.59. The SMILES string of the molecule is Cc1ccc(S(=O)(=O)Nc2cccc3cccnc23)cc1C(N)=O. The van der Waals surface area contributed by atoms with Crippen molar-refractivity contribution in [2.75, 3.05) is 4.72 Å². The number of para-hydroxylation sites is 1. The average Bonchev–Trinajstić information content (AvgIpc) is 2.55. The molecular weight excluding hydrogens is 326 g/mol. The maximum atomic E-state index is 12.6. The summed E-state index contributed by atoms with van der Waals surface area (Å²) < 4.78 is 27.8. The van der Waals surface area contributed by atoms with Crippen LogP contribution >= 0.6 is 0 Å². The van der Waals surface area contributed by atoms with Crippen molar-refractivity contribution in [3.63, 3.8) is 0 Å². The van der Waals surface area contributed by atoms with E-state index in [1.54, 1.807) is 37.4 Å². The molecule has 7 heteroatoms. The van der Waals surface area contributed by atoms with E-state index in [1.807, 2.05) is 12.1 Å². The van der Waals surface area contributed by atoms with E-state index in [1.165, 1.54) is 12.1 Å². The number of hydrogen-bond donors (Lipinski definition) is 2. The summed E-state index contributed by atoms with van der Waals surface area (Å²) in [6.45, 7) is 1.69. The summed E-state index contributed by atoms with van der Waals surface area (Å²) in [7, 11) is -3.88. The number of nitrogens with one attached hydrogen (secondary N) is 1. The maximum Gasteiger partial charge on any atom is 0.261 e. The number of nitrogens with zero attached hydrogens (tertiary/aromatic N) is 1. The average molecular weight is 341 g/mol. The molecule has 0 atom stereocenters. The molecule has 24 heavy (non-hydrogen) atoms. The van der Waals surface area contributed by atoms with Gasteiger partial charge in [-0.15, -0.1) is 0 Å². The molecule has 3 rings (SSSR count). The fraction of sp³-hybridized carbons (Fsp3) is 0.0588. The predicted octanol–water partition coefficient (Wildman–Crippen LogP) is 2.44. The lowest BCUT2D eigenvalue weighted by atomic mass is 10.1. The molecule has 0 saturated heterocycles. The molecular formula is C17H15N3O3S. The largest absolute Gasteiger partial charge is 0.366 e. The van der Waals surface area contributed by atoms with Crippen LogP contribution in [0.25, 0.3) is 10.9 Å². The van der Waals surface area contributed by atoms with Crippen LogP contribution in [0.1, 0.15) is 15.9 Å². The number of nitrogens with two attached hydrogens (primary N) is 1. The van der Waals surface area contributed by atoms with Crippen molar-refractivity contribution in [3.8, 4) is 0 Å². The van der Waals surface area contributed by atoms with E-state index < -0.39 is 15.9 Å². The van der Waals surface area contributed by atoms with Crippen molar-refractivity contribution in [2.45, 2.75) is 11.8 Å². The molecule has 3 aromatic rings. The molecule has 122 valence electrons. The monoisotopic (exact) mass is 341 g/mol. The lowest BCUT2D eigenvalue weighted by Crippen LogP contribution is -2.17. The van der Waals surface area contributed by atoms with Gasteiger partial charge in [0.05, 0.1) is 16.1 Å². The van der Waals surface area contributed by atoms with Crippen LogP contribution in [0.5, 0.6) is 0 Å². The summed E-state index contributed by atoms with van der Waals surface area (Å²) in [5.74, 6) is -0.670. The van der Waals surface area contributed by atoms with Gasteiger partial charge in [0, 0.05) is 17.1 Å². The number of fused-ring (bicyclic) bond motifs is 1. The molecule has 0 radical (unpaired) electrons. The fourth-order valence-electron chi connectivity index (χ4n) is 2.42. The summed E-state index contributed by atoms with van der Waals surface area (Å²) in [5.41, 5.74) is 7.00. The van der Waals surface area contributed by atoms with E-state index in [2.05, 4.69) is 9.71 Å². The first-order chi connectivity index (χ1) is 11.4. The van der Waals surface area contributed by atoms with Crippen LogP contribution in [0.2, 0.25) is 0 Å². The second-order valence-corrected chi connectivity index (χ2v) is 7.01. The van der Waals surface area contributed by atoms with Crippen LogP contribution in [0.3, 0.4) is 0 Å². The highest BCUT2D eigenvalue weighted by Gasteiger charge is 2.18. The smallest absolute Gasteiger partial charge is 0.261 e. The highest BCUT2D eigenvalue weighted by atomic mass is 32.2. The number of carbonyl (C=O) groups is 1. The van der Waals surface area contributed by atoms with Gasteiger partial charge in [-0.05, 0) is 36.8 Å². The quantitative estimate of drug-likeness (QED) is 0.761. The van der Waals surface area contributed by atoms with Crippen molar-refractivity contribution in [1.29, 1.82) is 0 Å². The Morgan fingerprint density at radius 1 is 1.12 bits per heavy atom. The Hall–Kier alpha value is -2.93. The van der Waals surface area contributed by atoms with Gasteiger partial charge in [0.1, 0.15) is 0 Å². The molecule has 3 N–H and O–H groups in total. The van der Waals surface area contributed by atoms with Crippen molar-refractivity contribution < 1.29 is 13.2 Å².